The number of methoxy groups -OCH3 is 1. The summed E-state index contributed by atoms with van der Waals surface area (Å²) in [5.74, 6) is -1.20. The second kappa shape index (κ2) is 9.38. The van der Waals surface area contributed by atoms with Crippen molar-refractivity contribution in [1.82, 2.24) is 4.90 Å². The van der Waals surface area contributed by atoms with Crippen LogP contribution in [0.2, 0.25) is 0 Å². The largest absolute Gasteiger partial charge is 0.465 e. The zero-order valence-electron chi connectivity index (χ0n) is 19.3. The fourth-order valence-corrected chi connectivity index (χ4v) is 4.09. The molecule has 0 spiro atoms. The molecule has 0 fully saturated rings. The number of nitrogens with zero attached hydrogens (tertiary/aromatic N) is 2. The highest BCUT2D eigenvalue weighted by molar-refractivity contribution is 6.24. The summed E-state index contributed by atoms with van der Waals surface area (Å²) >= 11 is 0. The smallest absolute Gasteiger partial charge is 0.337 e. The zero-order valence-corrected chi connectivity index (χ0v) is 19.3. The SMILES string of the molecule is COC(=O)c1ccc2c(c1)NC(=O)C2C(=Nc1ccc(CN(C)C)c(C)c1)c1ccccc1. The molecular weight excluding hydrogens is 414 g/mol. The highest BCUT2D eigenvalue weighted by Crippen LogP contribution is 2.37. The molecule has 6 heteroatoms. The first kappa shape index (κ1) is 22.4. The summed E-state index contributed by atoms with van der Waals surface area (Å²) < 4.78 is 4.81. The van der Waals surface area contributed by atoms with E-state index in [2.05, 4.69) is 29.3 Å². The van der Waals surface area contributed by atoms with Crippen molar-refractivity contribution >= 4 is 29.0 Å². The lowest BCUT2D eigenvalue weighted by atomic mass is 9.90. The quantitative estimate of drug-likeness (QED) is 0.445. The molecule has 3 aromatic rings. The number of carbonyl (C=O) groups is 2. The van der Waals surface area contributed by atoms with Crippen molar-refractivity contribution in [2.45, 2.75) is 19.4 Å². The van der Waals surface area contributed by atoms with Crippen molar-refractivity contribution in [1.29, 1.82) is 0 Å². The van der Waals surface area contributed by atoms with E-state index in [1.807, 2.05) is 50.5 Å². The Bertz CT molecular complexity index is 1230. The second-order valence-electron chi connectivity index (χ2n) is 8.43. The van der Waals surface area contributed by atoms with Gasteiger partial charge in [0, 0.05) is 12.2 Å². The Kier molecular flexibility index (Phi) is 6.38. The molecule has 0 bridgehead atoms. The maximum atomic E-state index is 13.1. The van der Waals surface area contributed by atoms with E-state index in [-0.39, 0.29) is 5.91 Å². The van der Waals surface area contributed by atoms with Gasteiger partial charge in [0.1, 0.15) is 5.92 Å². The molecule has 4 rings (SSSR count). The standard InChI is InChI=1S/C27H27N3O3/c1-17-14-21(12-10-20(17)16-30(2)3)28-25(18-8-6-5-7-9-18)24-22-13-11-19(27(32)33-4)15-23(22)29-26(24)31/h5-15,24H,16H2,1-4H3,(H,29,31). The number of anilines is 1. The maximum absolute atomic E-state index is 13.1. The van der Waals surface area contributed by atoms with Crippen molar-refractivity contribution in [3.8, 4) is 0 Å². The molecule has 33 heavy (non-hydrogen) atoms. The fraction of sp³-hybridized carbons (Fsp3) is 0.222. The molecular formula is C27H27N3O3. The van der Waals surface area contributed by atoms with Gasteiger partial charge in [-0.1, -0.05) is 42.5 Å². The van der Waals surface area contributed by atoms with Gasteiger partial charge in [-0.2, -0.15) is 0 Å². The Morgan fingerprint density at radius 1 is 1.03 bits per heavy atom. The summed E-state index contributed by atoms with van der Waals surface area (Å²) in [5.41, 5.74) is 6.50. The van der Waals surface area contributed by atoms with Crippen LogP contribution in [0.15, 0.2) is 71.7 Å². The van der Waals surface area contributed by atoms with Crippen molar-refractivity contribution in [2.75, 3.05) is 26.5 Å². The Morgan fingerprint density at radius 3 is 2.45 bits per heavy atom. The van der Waals surface area contributed by atoms with E-state index in [4.69, 9.17) is 9.73 Å². The Balaban J connectivity index is 1.80. The summed E-state index contributed by atoms with van der Waals surface area (Å²) in [4.78, 5) is 32.1. The van der Waals surface area contributed by atoms with Gasteiger partial charge in [0.25, 0.3) is 0 Å². The van der Waals surface area contributed by atoms with Gasteiger partial charge in [0.15, 0.2) is 0 Å². The molecule has 1 atom stereocenters. The number of amides is 1. The van der Waals surface area contributed by atoms with Crippen LogP contribution in [-0.4, -0.2) is 43.7 Å². The summed E-state index contributed by atoms with van der Waals surface area (Å²) in [6.45, 7) is 2.92. The fourth-order valence-electron chi connectivity index (χ4n) is 4.09. The normalized spacial score (nSPS) is 15.4. The number of aliphatic imine (C=N–C) groups is 1. The number of fused-ring (bicyclic) bond motifs is 1. The lowest BCUT2D eigenvalue weighted by Gasteiger charge is -2.15. The number of benzene rings is 3. The minimum Gasteiger partial charge on any atom is -0.465 e. The van der Waals surface area contributed by atoms with Crippen molar-refractivity contribution in [2.24, 2.45) is 4.99 Å². The first-order chi connectivity index (χ1) is 15.9. The molecule has 0 saturated carbocycles. The first-order valence-corrected chi connectivity index (χ1v) is 10.8. The molecule has 1 aliphatic heterocycles. The topological polar surface area (TPSA) is 71.0 Å². The average molecular weight is 442 g/mol. The summed E-state index contributed by atoms with van der Waals surface area (Å²) in [6, 6.07) is 21.0. The Labute approximate surface area is 193 Å². The molecule has 1 aliphatic rings. The van der Waals surface area contributed by atoms with Crippen molar-refractivity contribution in [3.63, 3.8) is 0 Å². The third-order valence-electron chi connectivity index (χ3n) is 5.71. The lowest BCUT2D eigenvalue weighted by molar-refractivity contribution is -0.115. The Hall–Kier alpha value is -3.77. The number of hydrogen-bond donors (Lipinski definition) is 1. The predicted molar refractivity (Wildman–Crippen MR) is 130 cm³/mol. The van der Waals surface area contributed by atoms with Crippen LogP contribution in [0, 0.1) is 6.92 Å². The monoisotopic (exact) mass is 441 g/mol. The van der Waals surface area contributed by atoms with Gasteiger partial charge < -0.3 is 15.0 Å². The van der Waals surface area contributed by atoms with E-state index in [1.54, 1.807) is 18.2 Å². The Morgan fingerprint density at radius 2 is 1.79 bits per heavy atom. The molecule has 1 heterocycles. The number of esters is 1. The number of aryl methyl sites for hydroxylation is 1. The number of rotatable bonds is 6. The van der Waals surface area contributed by atoms with Crippen LogP contribution in [0.1, 0.15) is 38.5 Å². The van der Waals surface area contributed by atoms with Crippen LogP contribution in [-0.2, 0) is 16.1 Å². The van der Waals surface area contributed by atoms with E-state index in [9.17, 15) is 9.59 Å². The molecule has 0 radical (unpaired) electrons. The van der Waals surface area contributed by atoms with Gasteiger partial charge in [0.05, 0.1) is 24.1 Å². The average Bonchev–Trinajstić information content (AvgIpc) is 3.13. The van der Waals surface area contributed by atoms with Gasteiger partial charge >= 0.3 is 5.97 Å². The molecule has 6 nitrogen and oxygen atoms in total. The molecule has 0 aromatic heterocycles. The van der Waals surface area contributed by atoms with Crippen LogP contribution in [0.3, 0.4) is 0 Å². The molecule has 1 unspecified atom stereocenters. The summed E-state index contributed by atoms with van der Waals surface area (Å²) in [5, 5.41) is 2.91. The summed E-state index contributed by atoms with van der Waals surface area (Å²) in [6.07, 6.45) is 0. The molecule has 168 valence electrons. The van der Waals surface area contributed by atoms with Gasteiger partial charge in [-0.25, -0.2) is 4.79 Å². The van der Waals surface area contributed by atoms with Gasteiger partial charge in [-0.3, -0.25) is 9.79 Å². The van der Waals surface area contributed by atoms with Crippen LogP contribution in [0.5, 0.6) is 0 Å². The van der Waals surface area contributed by atoms with Crippen LogP contribution >= 0.6 is 0 Å². The van der Waals surface area contributed by atoms with Gasteiger partial charge in [0.2, 0.25) is 5.91 Å². The molecule has 1 N–H and O–H groups in total. The van der Waals surface area contributed by atoms with Crippen LogP contribution < -0.4 is 5.32 Å². The third-order valence-corrected chi connectivity index (χ3v) is 5.71. The van der Waals surface area contributed by atoms with Gasteiger partial charge in [-0.15, -0.1) is 0 Å². The molecule has 0 aliphatic carbocycles. The molecule has 1 amide bonds. The van der Waals surface area contributed by atoms with Gasteiger partial charge in [-0.05, 0) is 67.5 Å². The third kappa shape index (κ3) is 4.71. The summed E-state index contributed by atoms with van der Waals surface area (Å²) in [7, 11) is 5.42. The first-order valence-electron chi connectivity index (χ1n) is 10.8. The number of carbonyl (C=O) groups excluding carboxylic acids is 2. The van der Waals surface area contributed by atoms with Crippen LogP contribution in [0.4, 0.5) is 11.4 Å². The lowest BCUT2D eigenvalue weighted by Crippen LogP contribution is -2.22. The minimum atomic E-state index is -0.587. The van der Waals surface area contributed by atoms with E-state index in [0.717, 1.165) is 28.9 Å². The van der Waals surface area contributed by atoms with Crippen molar-refractivity contribution in [3.05, 3.63) is 94.5 Å². The van der Waals surface area contributed by atoms with E-state index in [0.29, 0.717) is 17.0 Å². The minimum absolute atomic E-state index is 0.171. The maximum Gasteiger partial charge on any atom is 0.337 e. The van der Waals surface area contributed by atoms with Crippen molar-refractivity contribution < 1.29 is 14.3 Å². The predicted octanol–water partition coefficient (Wildman–Crippen LogP) is 4.70. The number of nitrogens with one attached hydrogen (secondary N) is 1. The molecule has 3 aromatic carbocycles. The van der Waals surface area contributed by atoms with E-state index in [1.165, 1.54) is 12.7 Å². The van der Waals surface area contributed by atoms with E-state index < -0.39 is 11.9 Å². The zero-order chi connectivity index (χ0) is 23.5. The highest BCUT2D eigenvalue weighted by Gasteiger charge is 2.36. The highest BCUT2D eigenvalue weighted by atomic mass is 16.5. The second-order valence-corrected chi connectivity index (χ2v) is 8.43. The number of hydrogen-bond acceptors (Lipinski definition) is 5. The molecule has 0 saturated heterocycles. The number of ether oxygens (including phenoxy) is 1. The van der Waals surface area contributed by atoms with E-state index >= 15 is 0 Å². The van der Waals surface area contributed by atoms with Crippen LogP contribution in [0.25, 0.3) is 0 Å².